The number of hydrogen-bond donors (Lipinski definition) is 0. The smallest absolute Gasteiger partial charge is 0.259 e. The summed E-state index contributed by atoms with van der Waals surface area (Å²) in [4.78, 5) is 26.5. The Labute approximate surface area is 156 Å². The molecule has 130 valence electrons. The number of carbonyl (C=O) groups excluding carboxylic acids is 1. The van der Waals surface area contributed by atoms with E-state index >= 15 is 0 Å². The van der Waals surface area contributed by atoms with Crippen molar-refractivity contribution in [3.05, 3.63) is 105 Å². The summed E-state index contributed by atoms with van der Waals surface area (Å²) in [5.74, 6) is -0.00432. The Hall–Kier alpha value is -3.46. The Morgan fingerprint density at radius 1 is 0.741 bits per heavy atom. The molecule has 0 atom stereocenters. The van der Waals surface area contributed by atoms with E-state index in [2.05, 4.69) is 0 Å². The zero-order valence-corrected chi connectivity index (χ0v) is 14.9. The highest BCUT2D eigenvalue weighted by Gasteiger charge is 2.32. The largest absolute Gasteiger partial charge is 0.303 e. The highest BCUT2D eigenvalue weighted by molar-refractivity contribution is 6.26. The number of pyridine rings is 1. The predicted molar refractivity (Wildman–Crippen MR) is 107 cm³/mol. The van der Waals surface area contributed by atoms with E-state index in [9.17, 15) is 9.59 Å². The summed E-state index contributed by atoms with van der Waals surface area (Å²) >= 11 is 0. The lowest BCUT2D eigenvalue weighted by Gasteiger charge is -2.16. The molecule has 1 heterocycles. The molecule has 0 unspecified atom stereocenters. The van der Waals surface area contributed by atoms with Crippen molar-refractivity contribution in [2.45, 2.75) is 13.5 Å². The van der Waals surface area contributed by atoms with E-state index in [0.29, 0.717) is 23.1 Å². The second-order valence-electron chi connectivity index (χ2n) is 6.96. The highest BCUT2D eigenvalue weighted by atomic mass is 16.1. The quantitative estimate of drug-likeness (QED) is 0.467. The molecule has 0 amide bonds. The third kappa shape index (κ3) is 2.21. The van der Waals surface area contributed by atoms with Gasteiger partial charge in [-0.05, 0) is 24.1 Å². The Bertz CT molecular complexity index is 1300. The van der Waals surface area contributed by atoms with Crippen LogP contribution in [0.4, 0.5) is 0 Å². The molecular formula is C24H17NO2. The number of aryl methyl sites for hydroxylation is 1. The van der Waals surface area contributed by atoms with E-state index in [1.54, 1.807) is 4.57 Å². The molecule has 5 rings (SSSR count). The Kier molecular flexibility index (Phi) is 3.37. The topological polar surface area (TPSA) is 39.1 Å². The second-order valence-corrected chi connectivity index (χ2v) is 6.96. The molecule has 0 spiro atoms. The third-order valence-electron chi connectivity index (χ3n) is 5.42. The number of benzene rings is 3. The summed E-state index contributed by atoms with van der Waals surface area (Å²) in [6.45, 7) is 2.49. The van der Waals surface area contributed by atoms with Crippen LogP contribution in [0.5, 0.6) is 0 Å². The number of fused-ring (bicyclic) bond motifs is 5. The maximum atomic E-state index is 13.4. The molecular weight excluding hydrogens is 334 g/mol. The lowest BCUT2D eigenvalue weighted by atomic mass is 10.0. The van der Waals surface area contributed by atoms with Gasteiger partial charge in [0.2, 0.25) is 0 Å². The van der Waals surface area contributed by atoms with Crippen LogP contribution in [0.15, 0.2) is 77.6 Å². The van der Waals surface area contributed by atoms with Crippen molar-refractivity contribution >= 4 is 16.6 Å². The summed E-state index contributed by atoms with van der Waals surface area (Å²) in [7, 11) is 0. The van der Waals surface area contributed by atoms with Gasteiger partial charge in [-0.15, -0.1) is 0 Å². The highest BCUT2D eigenvalue weighted by Crippen LogP contribution is 2.39. The van der Waals surface area contributed by atoms with Crippen molar-refractivity contribution in [2.75, 3.05) is 0 Å². The molecule has 3 heteroatoms. The molecule has 0 radical (unpaired) electrons. The number of nitrogens with zero attached hydrogens (tertiary/aromatic N) is 1. The van der Waals surface area contributed by atoms with Crippen molar-refractivity contribution in [3.63, 3.8) is 0 Å². The molecule has 4 aromatic rings. The normalized spacial score (nSPS) is 12.3. The lowest BCUT2D eigenvalue weighted by Crippen LogP contribution is -2.24. The van der Waals surface area contributed by atoms with Gasteiger partial charge < -0.3 is 4.57 Å². The van der Waals surface area contributed by atoms with E-state index in [1.165, 1.54) is 0 Å². The Morgan fingerprint density at radius 3 is 2.15 bits per heavy atom. The number of rotatable bonds is 2. The minimum absolute atomic E-state index is 0.00432. The second kappa shape index (κ2) is 5.78. The van der Waals surface area contributed by atoms with Crippen molar-refractivity contribution < 1.29 is 4.79 Å². The maximum Gasteiger partial charge on any atom is 0.259 e. The fraction of sp³-hybridized carbons (Fsp3) is 0.0833. The minimum atomic E-state index is -0.0582. The van der Waals surface area contributed by atoms with E-state index in [1.807, 2.05) is 79.7 Å². The number of carbonyl (C=O) groups is 1. The number of ketones is 1. The molecule has 0 fully saturated rings. The first-order chi connectivity index (χ1) is 13.2. The van der Waals surface area contributed by atoms with Gasteiger partial charge in [-0.3, -0.25) is 9.59 Å². The maximum absolute atomic E-state index is 13.4. The number of hydrogen-bond acceptors (Lipinski definition) is 2. The van der Waals surface area contributed by atoms with E-state index < -0.39 is 0 Å². The van der Waals surface area contributed by atoms with Gasteiger partial charge in [-0.25, -0.2) is 0 Å². The van der Waals surface area contributed by atoms with Crippen molar-refractivity contribution in [3.8, 4) is 11.3 Å². The predicted octanol–water partition coefficient (Wildman–Crippen LogP) is 4.57. The van der Waals surface area contributed by atoms with Gasteiger partial charge in [-0.1, -0.05) is 66.7 Å². The van der Waals surface area contributed by atoms with Crippen LogP contribution < -0.4 is 5.56 Å². The van der Waals surface area contributed by atoms with Gasteiger partial charge in [-0.2, -0.15) is 0 Å². The molecule has 0 N–H and O–H groups in total. The monoisotopic (exact) mass is 351 g/mol. The van der Waals surface area contributed by atoms with Crippen LogP contribution in [-0.2, 0) is 6.54 Å². The van der Waals surface area contributed by atoms with Crippen LogP contribution in [-0.4, -0.2) is 10.4 Å². The van der Waals surface area contributed by atoms with Crippen LogP contribution >= 0.6 is 0 Å². The summed E-state index contributed by atoms with van der Waals surface area (Å²) in [6.07, 6.45) is 0. The average Bonchev–Trinajstić information content (AvgIpc) is 3.00. The summed E-state index contributed by atoms with van der Waals surface area (Å²) in [6, 6.07) is 23.0. The van der Waals surface area contributed by atoms with Crippen LogP contribution in [0.25, 0.3) is 22.0 Å². The lowest BCUT2D eigenvalue weighted by molar-refractivity contribution is 0.104. The van der Waals surface area contributed by atoms with Gasteiger partial charge in [0.05, 0.1) is 17.8 Å². The molecule has 0 saturated carbocycles. The minimum Gasteiger partial charge on any atom is -0.303 e. The molecule has 0 aliphatic heterocycles. The van der Waals surface area contributed by atoms with Gasteiger partial charge in [0.25, 0.3) is 5.56 Å². The Balaban J connectivity index is 1.90. The fourth-order valence-electron chi connectivity index (χ4n) is 4.04. The van der Waals surface area contributed by atoms with E-state index in [-0.39, 0.29) is 11.3 Å². The van der Waals surface area contributed by atoms with Crippen LogP contribution in [0.3, 0.4) is 0 Å². The van der Waals surface area contributed by atoms with Crippen molar-refractivity contribution in [1.29, 1.82) is 0 Å². The van der Waals surface area contributed by atoms with Gasteiger partial charge in [0.15, 0.2) is 5.78 Å². The molecule has 27 heavy (non-hydrogen) atoms. The molecule has 0 saturated heterocycles. The zero-order valence-electron chi connectivity index (χ0n) is 14.9. The fourth-order valence-corrected chi connectivity index (χ4v) is 4.04. The zero-order chi connectivity index (χ0) is 18.5. The van der Waals surface area contributed by atoms with Crippen LogP contribution in [0.2, 0.25) is 0 Å². The summed E-state index contributed by atoms with van der Waals surface area (Å²) < 4.78 is 1.77. The van der Waals surface area contributed by atoms with Gasteiger partial charge in [0, 0.05) is 21.9 Å². The van der Waals surface area contributed by atoms with Gasteiger partial charge in [0.1, 0.15) is 0 Å². The Morgan fingerprint density at radius 2 is 1.37 bits per heavy atom. The molecule has 3 aromatic carbocycles. The summed E-state index contributed by atoms with van der Waals surface area (Å²) in [5, 5.41) is 1.32. The van der Waals surface area contributed by atoms with Gasteiger partial charge >= 0.3 is 0 Å². The van der Waals surface area contributed by atoms with E-state index in [4.69, 9.17) is 0 Å². The standard InChI is InChI=1S/C24H17NO2/c1-15-8-2-3-9-16(15)14-25-22-18-11-5-6-12-19(18)23(26)21(22)17-10-4-7-13-20(17)24(25)27/h2-13H,14H2,1H3. The first-order valence-corrected chi connectivity index (χ1v) is 9.01. The molecule has 0 bridgehead atoms. The molecule has 1 aliphatic rings. The van der Waals surface area contributed by atoms with Crippen molar-refractivity contribution in [1.82, 2.24) is 4.57 Å². The first kappa shape index (κ1) is 15.8. The SMILES string of the molecule is Cc1ccccc1Cn1c2c(c3ccccc3c1=O)C(=O)c1ccccc1-2. The molecule has 3 nitrogen and oxygen atoms in total. The summed E-state index contributed by atoms with van der Waals surface area (Å²) in [5.41, 5.74) is 5.04. The van der Waals surface area contributed by atoms with Crippen LogP contribution in [0.1, 0.15) is 27.0 Å². The van der Waals surface area contributed by atoms with E-state index in [0.717, 1.165) is 27.8 Å². The third-order valence-corrected chi connectivity index (χ3v) is 5.42. The number of aromatic nitrogens is 1. The molecule has 1 aliphatic carbocycles. The average molecular weight is 351 g/mol. The van der Waals surface area contributed by atoms with Crippen molar-refractivity contribution in [2.24, 2.45) is 0 Å². The first-order valence-electron chi connectivity index (χ1n) is 9.01. The van der Waals surface area contributed by atoms with Crippen LogP contribution in [0, 0.1) is 6.92 Å². The molecule has 1 aromatic heterocycles.